The number of nitrogens with zero attached hydrogens (tertiary/aromatic N) is 6. The van der Waals surface area contributed by atoms with E-state index in [0.717, 1.165) is 46.6 Å². The number of allylic oxidation sites excluding steroid dienone is 1. The molecule has 0 aromatic heterocycles. The predicted molar refractivity (Wildman–Crippen MR) is 161 cm³/mol. The summed E-state index contributed by atoms with van der Waals surface area (Å²) in [6.45, 7) is -0.339. The van der Waals surface area contributed by atoms with E-state index in [1.54, 1.807) is 48.5 Å². The SMILES string of the molecule is O=C1[C@@H]2[C@@H](N=NN2CC(=O)N2N=C3/C(=C/c4ccc(F)cc4)CCC[C@H]3[C@H]2c2ccc(F)cc2)C(=O)N1c1cccc(Br)c1. The fraction of sp³-hybridized carbons (Fsp3) is 0.250. The van der Waals surface area contributed by atoms with Crippen molar-refractivity contribution in [3.8, 4) is 0 Å². The Hall–Kier alpha value is -4.58. The number of hydrazone groups is 1. The molecular weight excluding hydrogens is 634 g/mol. The van der Waals surface area contributed by atoms with E-state index < -0.39 is 41.7 Å². The van der Waals surface area contributed by atoms with E-state index in [9.17, 15) is 23.2 Å². The Bertz CT molecular complexity index is 1760. The first-order chi connectivity index (χ1) is 21.3. The minimum atomic E-state index is -1.06. The molecule has 0 N–H and O–H groups in total. The van der Waals surface area contributed by atoms with Crippen LogP contribution in [0.15, 0.2) is 98.3 Å². The van der Waals surface area contributed by atoms with Crippen LogP contribution in [-0.4, -0.2) is 52.1 Å². The molecule has 1 aliphatic carbocycles. The number of carbonyl (C=O) groups is 3. The number of hydrogen-bond donors (Lipinski definition) is 0. The third-order valence-electron chi connectivity index (χ3n) is 8.40. The summed E-state index contributed by atoms with van der Waals surface area (Å²) in [5, 5.41) is 15.6. The number of halogens is 3. The summed E-state index contributed by atoms with van der Waals surface area (Å²) >= 11 is 3.37. The Kier molecular flexibility index (Phi) is 7.16. The molecule has 2 fully saturated rings. The van der Waals surface area contributed by atoms with Crippen molar-refractivity contribution in [3.05, 3.63) is 106 Å². The first kappa shape index (κ1) is 28.2. The molecule has 1 saturated carbocycles. The van der Waals surface area contributed by atoms with Gasteiger partial charge in [0.15, 0.2) is 12.1 Å². The van der Waals surface area contributed by atoms with Gasteiger partial charge in [-0.25, -0.2) is 18.7 Å². The third kappa shape index (κ3) is 4.92. The third-order valence-corrected chi connectivity index (χ3v) is 8.89. The Morgan fingerprint density at radius 2 is 1.68 bits per heavy atom. The van der Waals surface area contributed by atoms with Crippen molar-refractivity contribution in [2.45, 2.75) is 37.4 Å². The van der Waals surface area contributed by atoms with E-state index in [1.165, 1.54) is 34.3 Å². The smallest absolute Gasteiger partial charge is 0.264 e. The van der Waals surface area contributed by atoms with Crippen molar-refractivity contribution in [2.24, 2.45) is 21.4 Å². The van der Waals surface area contributed by atoms with Crippen molar-refractivity contribution >= 4 is 51.1 Å². The molecule has 0 radical (unpaired) electrons. The van der Waals surface area contributed by atoms with E-state index in [0.29, 0.717) is 10.2 Å². The summed E-state index contributed by atoms with van der Waals surface area (Å²) in [7, 11) is 0. The molecule has 3 amide bonds. The number of rotatable bonds is 5. The summed E-state index contributed by atoms with van der Waals surface area (Å²) < 4.78 is 28.1. The second kappa shape index (κ2) is 11.2. The van der Waals surface area contributed by atoms with Crippen molar-refractivity contribution in [1.29, 1.82) is 0 Å². The van der Waals surface area contributed by atoms with Gasteiger partial charge in [0.1, 0.15) is 18.2 Å². The quantitative estimate of drug-likeness (QED) is 0.322. The lowest BCUT2D eigenvalue weighted by Gasteiger charge is -2.30. The first-order valence-corrected chi connectivity index (χ1v) is 15.0. The minimum Gasteiger partial charge on any atom is -0.271 e. The van der Waals surface area contributed by atoms with E-state index in [-0.39, 0.29) is 18.3 Å². The zero-order chi connectivity index (χ0) is 30.5. The van der Waals surface area contributed by atoms with Gasteiger partial charge in [-0.15, -0.1) is 0 Å². The van der Waals surface area contributed by atoms with Gasteiger partial charge in [-0.2, -0.15) is 10.2 Å². The van der Waals surface area contributed by atoms with Crippen molar-refractivity contribution < 1.29 is 23.2 Å². The van der Waals surface area contributed by atoms with Gasteiger partial charge >= 0.3 is 0 Å². The number of carbonyl (C=O) groups excluding carboxylic acids is 3. The molecule has 3 aromatic rings. The zero-order valence-corrected chi connectivity index (χ0v) is 24.8. The second-order valence-electron chi connectivity index (χ2n) is 11.1. The maximum absolute atomic E-state index is 14.0. The Balaban J connectivity index is 1.19. The van der Waals surface area contributed by atoms with Gasteiger partial charge in [-0.05, 0) is 84.5 Å². The lowest BCUT2D eigenvalue weighted by Crippen LogP contribution is -2.45. The molecule has 44 heavy (non-hydrogen) atoms. The molecule has 3 heterocycles. The summed E-state index contributed by atoms with van der Waals surface area (Å²) in [6, 6.07) is 16.4. The molecule has 12 heteroatoms. The molecule has 4 aliphatic rings. The largest absolute Gasteiger partial charge is 0.271 e. The number of imide groups is 1. The molecule has 222 valence electrons. The van der Waals surface area contributed by atoms with E-state index in [1.807, 2.05) is 6.08 Å². The highest BCUT2D eigenvalue weighted by Gasteiger charge is 2.55. The lowest BCUT2D eigenvalue weighted by molar-refractivity contribution is -0.136. The number of benzene rings is 3. The van der Waals surface area contributed by atoms with E-state index in [2.05, 4.69) is 26.3 Å². The number of amides is 3. The van der Waals surface area contributed by atoms with Crippen molar-refractivity contribution in [1.82, 2.24) is 10.0 Å². The maximum Gasteiger partial charge on any atom is 0.264 e. The lowest BCUT2D eigenvalue weighted by atomic mass is 9.77. The number of fused-ring (bicyclic) bond motifs is 2. The topological polar surface area (TPSA) is 98.0 Å². The predicted octanol–water partition coefficient (Wildman–Crippen LogP) is 5.84. The van der Waals surface area contributed by atoms with Gasteiger partial charge < -0.3 is 0 Å². The molecule has 1 saturated heterocycles. The monoisotopic (exact) mass is 658 g/mol. The van der Waals surface area contributed by atoms with Crippen molar-refractivity contribution in [2.75, 3.05) is 11.4 Å². The molecule has 0 spiro atoms. The highest BCUT2D eigenvalue weighted by molar-refractivity contribution is 9.10. The Morgan fingerprint density at radius 1 is 0.955 bits per heavy atom. The fourth-order valence-electron chi connectivity index (χ4n) is 6.40. The van der Waals surface area contributed by atoms with Crippen LogP contribution in [0.4, 0.5) is 14.5 Å². The molecule has 0 unspecified atom stereocenters. The summed E-state index contributed by atoms with van der Waals surface area (Å²) in [5.41, 5.74) is 3.63. The Morgan fingerprint density at radius 3 is 2.41 bits per heavy atom. The van der Waals surface area contributed by atoms with Crippen LogP contribution in [0, 0.1) is 17.6 Å². The zero-order valence-electron chi connectivity index (χ0n) is 23.2. The summed E-state index contributed by atoms with van der Waals surface area (Å²) in [6.07, 6.45) is 4.30. The number of anilines is 1. The van der Waals surface area contributed by atoms with Gasteiger partial charge in [-0.3, -0.25) is 19.4 Å². The molecular formula is C32H25BrF2N6O3. The van der Waals surface area contributed by atoms with Gasteiger partial charge in [0, 0.05) is 10.4 Å². The maximum atomic E-state index is 14.0. The molecule has 0 bridgehead atoms. The van der Waals surface area contributed by atoms with E-state index in [4.69, 9.17) is 5.10 Å². The van der Waals surface area contributed by atoms with Crippen LogP contribution in [-0.2, 0) is 14.4 Å². The number of hydrogen-bond acceptors (Lipinski definition) is 7. The van der Waals surface area contributed by atoms with Gasteiger partial charge in [0.2, 0.25) is 0 Å². The molecule has 3 aromatic carbocycles. The van der Waals surface area contributed by atoms with Crippen LogP contribution in [0.5, 0.6) is 0 Å². The Labute approximate surface area is 259 Å². The van der Waals surface area contributed by atoms with Crippen LogP contribution < -0.4 is 4.90 Å². The molecule has 7 rings (SSSR count). The standard InChI is InChI=1S/C32H25BrF2N6O3/c33-21-4-2-5-24(16-21)40-31(43)28-30(32(40)44)39(38-36-28)17-26(42)41-29(19-9-13-23(35)14-10-19)25-6-1-3-20(27(25)37-41)15-18-7-11-22(34)12-8-18/h2,4-5,7-16,25,28-30H,1,3,6,17H2/b20-15+/t25-,28-,29-,30+/m1/s1. The minimum absolute atomic E-state index is 0.153. The normalized spacial score (nSPS) is 25.1. The van der Waals surface area contributed by atoms with Crippen LogP contribution in [0.1, 0.15) is 36.4 Å². The summed E-state index contributed by atoms with van der Waals surface area (Å²) in [4.78, 5) is 41.7. The average Bonchev–Trinajstić information content (AvgIpc) is 3.68. The van der Waals surface area contributed by atoms with Crippen LogP contribution >= 0.6 is 15.9 Å². The first-order valence-electron chi connectivity index (χ1n) is 14.2. The fourth-order valence-corrected chi connectivity index (χ4v) is 6.78. The average molecular weight is 659 g/mol. The van der Waals surface area contributed by atoms with Gasteiger partial charge in [0.05, 0.1) is 17.4 Å². The molecule has 4 atom stereocenters. The summed E-state index contributed by atoms with van der Waals surface area (Å²) in [5.74, 6) is -2.35. The second-order valence-corrected chi connectivity index (χ2v) is 12.0. The van der Waals surface area contributed by atoms with Crippen LogP contribution in [0.25, 0.3) is 6.08 Å². The van der Waals surface area contributed by atoms with Gasteiger partial charge in [0.25, 0.3) is 17.7 Å². The molecule has 3 aliphatic heterocycles. The highest BCUT2D eigenvalue weighted by Crippen LogP contribution is 2.45. The molecule has 9 nitrogen and oxygen atoms in total. The van der Waals surface area contributed by atoms with E-state index >= 15 is 0 Å². The van der Waals surface area contributed by atoms with Crippen LogP contribution in [0.3, 0.4) is 0 Å². The van der Waals surface area contributed by atoms with Crippen LogP contribution in [0.2, 0.25) is 0 Å². The van der Waals surface area contributed by atoms with Crippen molar-refractivity contribution in [3.63, 3.8) is 0 Å². The highest BCUT2D eigenvalue weighted by atomic mass is 79.9. The van der Waals surface area contributed by atoms with Gasteiger partial charge in [-0.1, -0.05) is 51.5 Å².